The van der Waals surface area contributed by atoms with Crippen LogP contribution >= 0.6 is 0 Å². The normalized spacial score (nSPS) is 22.1. The molecule has 4 nitrogen and oxygen atoms in total. The van der Waals surface area contributed by atoms with Gasteiger partial charge in [-0.15, -0.1) is 6.42 Å². The van der Waals surface area contributed by atoms with Crippen molar-refractivity contribution in [1.82, 2.24) is 14.9 Å². The molecule has 2 unspecified atom stereocenters. The summed E-state index contributed by atoms with van der Waals surface area (Å²) in [6.45, 7) is 1.99. The number of terminal acetylenes is 1. The Morgan fingerprint density at radius 3 is 2.74 bits per heavy atom. The minimum absolute atomic E-state index is 0.0275. The summed E-state index contributed by atoms with van der Waals surface area (Å²) in [4.78, 5) is 4.44. The highest BCUT2D eigenvalue weighted by Gasteiger charge is 2.54. The molecule has 2 aliphatic rings. The summed E-state index contributed by atoms with van der Waals surface area (Å²) in [6.07, 6.45) is 9.25. The third-order valence-electron chi connectivity index (χ3n) is 6.89. The third kappa shape index (κ3) is 2.47. The predicted molar refractivity (Wildman–Crippen MR) is 116 cm³/mol. The monoisotopic (exact) mass is 415 g/mol. The molecule has 0 radical (unpaired) electrons. The van der Waals surface area contributed by atoms with E-state index in [2.05, 4.69) is 16.2 Å². The van der Waals surface area contributed by atoms with Crippen molar-refractivity contribution >= 4 is 21.7 Å². The Morgan fingerprint density at radius 1 is 1.23 bits per heavy atom. The molecule has 1 saturated carbocycles. The van der Waals surface area contributed by atoms with Crippen LogP contribution in [-0.4, -0.2) is 27.7 Å². The first-order chi connectivity index (χ1) is 15.0. The number of phenolic OH excluding ortho intramolecular Hbond substituents is 1. The molecule has 6 rings (SSSR count). The van der Waals surface area contributed by atoms with Gasteiger partial charge in [-0.2, -0.15) is 0 Å². The van der Waals surface area contributed by atoms with Gasteiger partial charge in [-0.05, 0) is 60.0 Å². The number of aryl methyl sites for hydroxylation is 1. The molecule has 6 heteroatoms. The van der Waals surface area contributed by atoms with Gasteiger partial charge in [0.25, 0.3) is 0 Å². The molecule has 0 spiro atoms. The van der Waals surface area contributed by atoms with E-state index < -0.39 is 11.6 Å². The molecule has 2 aromatic heterocycles. The second-order valence-electron chi connectivity index (χ2n) is 8.55. The van der Waals surface area contributed by atoms with E-state index in [1.54, 1.807) is 10.8 Å². The first-order valence-corrected chi connectivity index (χ1v) is 10.3. The van der Waals surface area contributed by atoms with Gasteiger partial charge in [0.15, 0.2) is 5.82 Å². The average molecular weight is 415 g/mol. The van der Waals surface area contributed by atoms with Crippen LogP contribution in [0.3, 0.4) is 0 Å². The number of nitrogens with zero attached hydrogens (tertiary/aromatic N) is 2. The lowest BCUT2D eigenvalue weighted by atomic mass is 9.95. The van der Waals surface area contributed by atoms with Gasteiger partial charge in [0, 0.05) is 35.8 Å². The van der Waals surface area contributed by atoms with Crippen molar-refractivity contribution in [3.8, 4) is 29.4 Å². The van der Waals surface area contributed by atoms with E-state index >= 15 is 4.39 Å². The van der Waals surface area contributed by atoms with Gasteiger partial charge in [-0.25, -0.2) is 8.78 Å². The summed E-state index contributed by atoms with van der Waals surface area (Å²) in [6, 6.07) is 5.64. The molecule has 1 aliphatic carbocycles. The van der Waals surface area contributed by atoms with Gasteiger partial charge in [0.05, 0.1) is 11.1 Å². The molecule has 154 valence electrons. The number of halogens is 2. The zero-order valence-corrected chi connectivity index (χ0v) is 16.8. The molecule has 2 fully saturated rings. The second-order valence-corrected chi connectivity index (χ2v) is 8.55. The lowest BCUT2D eigenvalue weighted by Crippen LogP contribution is -2.13. The number of hydrogen-bond acceptors (Lipinski definition) is 3. The zero-order valence-electron chi connectivity index (χ0n) is 16.8. The molecule has 3 heterocycles. The summed E-state index contributed by atoms with van der Waals surface area (Å²) >= 11 is 0. The minimum Gasteiger partial charge on any atom is -0.508 e. The fourth-order valence-electron chi connectivity index (χ4n) is 5.46. The molecule has 1 saturated heterocycles. The molecule has 31 heavy (non-hydrogen) atoms. The van der Waals surface area contributed by atoms with Gasteiger partial charge in [-0.3, -0.25) is 4.98 Å². The summed E-state index contributed by atoms with van der Waals surface area (Å²) in [5.41, 5.74) is 1.92. The van der Waals surface area contributed by atoms with Gasteiger partial charge in [0.2, 0.25) is 0 Å². The molecule has 2 aromatic carbocycles. The maximum atomic E-state index is 15.9. The lowest BCUT2D eigenvalue weighted by Gasteiger charge is -2.12. The second kappa shape index (κ2) is 6.29. The average Bonchev–Trinajstić information content (AvgIpc) is 3.07. The van der Waals surface area contributed by atoms with Crippen LogP contribution in [0.1, 0.15) is 17.0 Å². The number of aromatic nitrogens is 2. The van der Waals surface area contributed by atoms with Gasteiger partial charge in [0.1, 0.15) is 17.3 Å². The fourth-order valence-corrected chi connectivity index (χ4v) is 5.46. The Balaban J connectivity index is 1.61. The maximum absolute atomic E-state index is 15.9. The van der Waals surface area contributed by atoms with Crippen molar-refractivity contribution in [2.75, 3.05) is 13.1 Å². The number of rotatable bonds is 2. The van der Waals surface area contributed by atoms with E-state index in [4.69, 9.17) is 6.42 Å². The number of piperidine rings is 1. The molecule has 0 bridgehead atoms. The summed E-state index contributed by atoms with van der Waals surface area (Å²) in [7, 11) is 1.82. The highest BCUT2D eigenvalue weighted by molar-refractivity contribution is 6.02. The van der Waals surface area contributed by atoms with Crippen LogP contribution in [-0.2, 0) is 7.05 Å². The van der Waals surface area contributed by atoms with E-state index in [-0.39, 0.29) is 22.6 Å². The molecule has 4 aromatic rings. The van der Waals surface area contributed by atoms with E-state index in [0.29, 0.717) is 34.0 Å². The van der Waals surface area contributed by atoms with Crippen LogP contribution < -0.4 is 5.32 Å². The summed E-state index contributed by atoms with van der Waals surface area (Å²) in [5.74, 6) is 2.86. The molecule has 2 atom stereocenters. The topological polar surface area (TPSA) is 50.1 Å². The van der Waals surface area contributed by atoms with Crippen molar-refractivity contribution in [1.29, 1.82) is 0 Å². The lowest BCUT2D eigenvalue weighted by molar-refractivity contribution is 0.476. The van der Waals surface area contributed by atoms with Crippen LogP contribution in [0.2, 0.25) is 0 Å². The number of hydrogen-bond donors (Lipinski definition) is 2. The number of phenols is 1. The number of fused-ring (bicyclic) bond motifs is 3. The first kappa shape index (κ1) is 18.3. The number of aromatic hydroxyl groups is 1. The Labute approximate surface area is 177 Å². The van der Waals surface area contributed by atoms with Crippen molar-refractivity contribution in [2.24, 2.45) is 18.9 Å². The standard InChI is InChI=1S/C25H19F2N3O/c1-3-14-20(26)5-4-12-6-13(31)7-15(21(12)14)24-23(27)25-18(10-29-24)19(11-30(25)2)22-16-8-28-9-17(16)22/h1,4-7,10-11,16-17,22,28,31H,8-9H2,2H3. The van der Waals surface area contributed by atoms with E-state index in [1.165, 1.54) is 24.3 Å². The first-order valence-electron chi connectivity index (χ1n) is 10.3. The van der Waals surface area contributed by atoms with Crippen LogP contribution in [0.25, 0.3) is 32.9 Å². The smallest absolute Gasteiger partial charge is 0.173 e. The van der Waals surface area contributed by atoms with E-state index in [0.717, 1.165) is 24.0 Å². The highest BCUT2D eigenvalue weighted by atomic mass is 19.1. The number of benzene rings is 2. The Kier molecular flexibility index (Phi) is 3.72. The molecular weight excluding hydrogens is 396 g/mol. The van der Waals surface area contributed by atoms with Crippen LogP contribution in [0.4, 0.5) is 8.78 Å². The fraction of sp³-hybridized carbons (Fsp3) is 0.240. The van der Waals surface area contributed by atoms with E-state index in [1.807, 2.05) is 13.2 Å². The van der Waals surface area contributed by atoms with Gasteiger partial charge in [-0.1, -0.05) is 12.0 Å². The Morgan fingerprint density at radius 2 is 2.00 bits per heavy atom. The molecule has 0 amide bonds. The van der Waals surface area contributed by atoms with Gasteiger partial charge >= 0.3 is 0 Å². The summed E-state index contributed by atoms with van der Waals surface area (Å²) in [5, 5.41) is 15.3. The maximum Gasteiger partial charge on any atom is 0.173 e. The largest absolute Gasteiger partial charge is 0.508 e. The zero-order chi connectivity index (χ0) is 21.4. The molecule has 1 aliphatic heterocycles. The van der Waals surface area contributed by atoms with Crippen molar-refractivity contribution < 1.29 is 13.9 Å². The quantitative estimate of drug-likeness (QED) is 0.480. The van der Waals surface area contributed by atoms with Crippen molar-refractivity contribution in [2.45, 2.75) is 5.92 Å². The van der Waals surface area contributed by atoms with Crippen LogP contribution in [0, 0.1) is 35.8 Å². The number of pyridine rings is 1. The van der Waals surface area contributed by atoms with Crippen molar-refractivity contribution in [3.63, 3.8) is 0 Å². The van der Waals surface area contributed by atoms with E-state index in [9.17, 15) is 9.50 Å². The number of nitrogens with one attached hydrogen (secondary N) is 1. The Bertz CT molecular complexity index is 1440. The SMILES string of the molecule is C#Cc1c(F)ccc2cc(O)cc(-c3ncc4c(C5C6CNCC65)cn(C)c4c3F)c12. The molecular formula is C25H19F2N3O. The van der Waals surface area contributed by atoms with Crippen LogP contribution in [0.15, 0.2) is 36.7 Å². The van der Waals surface area contributed by atoms with Crippen LogP contribution in [0.5, 0.6) is 5.75 Å². The van der Waals surface area contributed by atoms with Gasteiger partial charge < -0.3 is 15.0 Å². The highest BCUT2D eigenvalue weighted by Crippen LogP contribution is 2.57. The van der Waals surface area contributed by atoms with Crippen molar-refractivity contribution in [3.05, 3.63) is 59.4 Å². The molecule has 2 N–H and O–H groups in total. The summed E-state index contributed by atoms with van der Waals surface area (Å²) < 4.78 is 32.1. The minimum atomic E-state index is -0.571. The predicted octanol–water partition coefficient (Wildman–Crippen LogP) is 4.29. The third-order valence-corrected chi connectivity index (χ3v) is 6.89. The Hall–Kier alpha value is -3.43.